The van der Waals surface area contributed by atoms with Crippen LogP contribution in [0.1, 0.15) is 62.7 Å². The summed E-state index contributed by atoms with van der Waals surface area (Å²) in [7, 11) is 0. The van der Waals surface area contributed by atoms with Crippen LogP contribution in [0.4, 0.5) is 11.4 Å². The Morgan fingerprint density at radius 1 is 0.742 bits per heavy atom. The third kappa shape index (κ3) is 2.77. The number of aryl methyl sites for hydroxylation is 1. The molecule has 0 amide bonds. The molecule has 0 saturated heterocycles. The molecule has 3 aliphatic rings. The Balaban J connectivity index is 1.63. The van der Waals surface area contributed by atoms with E-state index in [-0.39, 0.29) is 6.17 Å². The van der Waals surface area contributed by atoms with E-state index in [2.05, 4.69) is 103 Å². The molecule has 31 heavy (non-hydrogen) atoms. The molecular formula is C29H30N2. The minimum absolute atomic E-state index is 0.0158. The van der Waals surface area contributed by atoms with Crippen LogP contribution in [-0.4, -0.2) is 0 Å². The van der Waals surface area contributed by atoms with Gasteiger partial charge < -0.3 is 9.80 Å². The first-order chi connectivity index (χ1) is 15.6. The minimum atomic E-state index is -0.693. The Hall–Kier alpha value is -3.00. The maximum absolute atomic E-state index is 10.1. The summed E-state index contributed by atoms with van der Waals surface area (Å²) < 4.78 is 10.1. The molecule has 2 heterocycles. The van der Waals surface area contributed by atoms with Crippen LogP contribution in [0.5, 0.6) is 0 Å². The summed E-state index contributed by atoms with van der Waals surface area (Å²) in [5.74, 6) is -0.325. The van der Waals surface area contributed by atoms with Crippen molar-refractivity contribution in [1.29, 1.82) is 0 Å². The Kier molecular flexibility index (Phi) is 4.16. The van der Waals surface area contributed by atoms with Crippen LogP contribution in [0.25, 0.3) is 0 Å². The first-order valence-corrected chi connectivity index (χ1v) is 11.6. The first-order valence-electron chi connectivity index (χ1n) is 12.1. The fraction of sp³-hybridized carbons (Fsp3) is 0.310. The molecule has 156 valence electrons. The lowest BCUT2D eigenvalue weighted by Crippen LogP contribution is -2.32. The van der Waals surface area contributed by atoms with Crippen molar-refractivity contribution in [3.8, 4) is 0 Å². The zero-order valence-corrected chi connectivity index (χ0v) is 18.4. The molecule has 0 radical (unpaired) electrons. The molecule has 1 fully saturated rings. The van der Waals surface area contributed by atoms with E-state index in [4.69, 9.17) is 0 Å². The smallest absolute Gasteiger partial charge is 0.136 e. The monoisotopic (exact) mass is 407 g/mol. The van der Waals surface area contributed by atoms with Gasteiger partial charge in [-0.05, 0) is 61.4 Å². The van der Waals surface area contributed by atoms with Gasteiger partial charge in [-0.2, -0.15) is 0 Å². The average molecular weight is 408 g/mol. The summed E-state index contributed by atoms with van der Waals surface area (Å²) in [6.45, 7) is 4.43. The summed E-state index contributed by atoms with van der Waals surface area (Å²) in [6, 6.07) is 28.1. The van der Waals surface area contributed by atoms with Crippen molar-refractivity contribution in [3.05, 3.63) is 107 Å². The van der Waals surface area contributed by atoms with E-state index in [0.29, 0.717) is 5.92 Å². The molecule has 0 aromatic heterocycles. The summed E-state index contributed by atoms with van der Waals surface area (Å²) in [4.78, 5) is 4.96. The lowest BCUT2D eigenvalue weighted by atomic mass is 9.84. The van der Waals surface area contributed by atoms with Gasteiger partial charge in [0, 0.05) is 30.0 Å². The summed E-state index contributed by atoms with van der Waals surface area (Å²) >= 11 is 0. The van der Waals surface area contributed by atoms with E-state index in [0.717, 1.165) is 12.8 Å². The van der Waals surface area contributed by atoms with Crippen LogP contribution in [-0.2, 0) is 0 Å². The Bertz CT molecular complexity index is 1190. The van der Waals surface area contributed by atoms with Gasteiger partial charge in [0.2, 0.25) is 0 Å². The summed E-state index contributed by atoms with van der Waals surface area (Å²) in [6.07, 6.45) is 4.78. The van der Waals surface area contributed by atoms with Crippen molar-refractivity contribution >= 4 is 11.4 Å². The zero-order valence-electron chi connectivity index (χ0n) is 19.4. The molecule has 1 aliphatic carbocycles. The molecule has 3 aromatic rings. The fourth-order valence-electron chi connectivity index (χ4n) is 6.02. The van der Waals surface area contributed by atoms with Crippen LogP contribution in [0.3, 0.4) is 0 Å². The van der Waals surface area contributed by atoms with Crippen molar-refractivity contribution < 1.29 is 1.37 Å². The van der Waals surface area contributed by atoms with Gasteiger partial charge in [-0.15, -0.1) is 0 Å². The predicted molar refractivity (Wildman–Crippen MR) is 129 cm³/mol. The summed E-state index contributed by atoms with van der Waals surface area (Å²) in [5.41, 5.74) is 8.54. The topological polar surface area (TPSA) is 6.48 Å². The predicted octanol–water partition coefficient (Wildman–Crippen LogP) is 7.54. The number of anilines is 2. The van der Waals surface area contributed by atoms with Crippen LogP contribution in [0.2, 0.25) is 0 Å². The highest BCUT2D eigenvalue weighted by atomic mass is 15.4. The van der Waals surface area contributed by atoms with Gasteiger partial charge >= 0.3 is 0 Å². The largest absolute Gasteiger partial charge is 0.318 e. The van der Waals surface area contributed by atoms with E-state index in [1.807, 2.05) is 0 Å². The van der Waals surface area contributed by atoms with Crippen LogP contribution in [0.15, 0.2) is 90.3 Å². The van der Waals surface area contributed by atoms with Crippen molar-refractivity contribution in [3.63, 3.8) is 0 Å². The lowest BCUT2D eigenvalue weighted by Gasteiger charge is -2.35. The molecule has 2 nitrogen and oxygen atoms in total. The molecule has 6 rings (SSSR count). The van der Waals surface area contributed by atoms with Gasteiger partial charge in [0.1, 0.15) is 6.17 Å². The van der Waals surface area contributed by atoms with Crippen LogP contribution < -0.4 is 9.80 Å². The fourth-order valence-corrected chi connectivity index (χ4v) is 6.02. The molecular weight excluding hydrogens is 376 g/mol. The van der Waals surface area contributed by atoms with Gasteiger partial charge in [0.25, 0.3) is 0 Å². The second kappa shape index (κ2) is 7.30. The van der Waals surface area contributed by atoms with E-state index in [9.17, 15) is 1.37 Å². The average Bonchev–Trinajstić information content (AvgIpc) is 3.52. The third-order valence-electron chi connectivity index (χ3n) is 7.38. The number of fused-ring (bicyclic) bond motifs is 3. The highest BCUT2D eigenvalue weighted by Gasteiger charge is 2.49. The second-order valence-electron chi connectivity index (χ2n) is 9.16. The number of allylic oxidation sites excluding steroid dienone is 2. The molecule has 2 heteroatoms. The normalized spacial score (nSPS) is 25.7. The zero-order chi connectivity index (χ0) is 21.9. The number of hydrogen-bond donors (Lipinski definition) is 0. The van der Waals surface area contributed by atoms with Gasteiger partial charge in [0.15, 0.2) is 0 Å². The highest BCUT2D eigenvalue weighted by Crippen LogP contribution is 2.59. The number of nitrogens with zero attached hydrogens (tertiary/aromatic N) is 2. The number of para-hydroxylation sites is 2. The molecule has 2 unspecified atom stereocenters. The Morgan fingerprint density at radius 2 is 1.39 bits per heavy atom. The van der Waals surface area contributed by atoms with Crippen LogP contribution >= 0.6 is 0 Å². The minimum Gasteiger partial charge on any atom is -0.318 e. The van der Waals surface area contributed by atoms with Gasteiger partial charge in [0.05, 0.1) is 0 Å². The van der Waals surface area contributed by atoms with Gasteiger partial charge in [-0.1, -0.05) is 79.6 Å². The summed E-state index contributed by atoms with van der Waals surface area (Å²) in [5, 5.41) is 0. The Morgan fingerprint density at radius 3 is 2.13 bits per heavy atom. The molecule has 1 saturated carbocycles. The number of rotatable bonds is 3. The van der Waals surface area contributed by atoms with Gasteiger partial charge in [-0.25, -0.2) is 0 Å². The maximum atomic E-state index is 10.1. The van der Waals surface area contributed by atoms with Crippen molar-refractivity contribution in [2.45, 2.75) is 51.6 Å². The first kappa shape index (κ1) is 17.7. The molecule has 0 N–H and O–H groups in total. The van der Waals surface area contributed by atoms with Crippen LogP contribution in [0, 0.1) is 12.8 Å². The SMILES string of the molecule is [2H]C1(C2CCCC2)C2=C(C)N(c3ccccc3C)C(c3ccccc3)N2c2ccccc21. The van der Waals surface area contributed by atoms with E-state index >= 15 is 0 Å². The van der Waals surface area contributed by atoms with Crippen molar-refractivity contribution in [2.75, 3.05) is 9.80 Å². The Labute approximate surface area is 187 Å². The molecule has 2 aliphatic heterocycles. The van der Waals surface area contributed by atoms with Crippen molar-refractivity contribution in [2.24, 2.45) is 5.92 Å². The second-order valence-corrected chi connectivity index (χ2v) is 9.16. The maximum Gasteiger partial charge on any atom is 0.136 e. The standard InChI is InChI=1S/C29H30N2/c1-20-12-6-10-18-25(20)30-21(2)28-27(22-13-7-8-14-22)24-17-9-11-19-26(24)31(28)29(30)23-15-4-3-5-16-23/h3-6,9-12,15-19,22,27,29H,7-8,13-14H2,1-2H3/i27D. The highest BCUT2D eigenvalue weighted by molar-refractivity contribution is 5.77. The van der Waals surface area contributed by atoms with Gasteiger partial charge in [-0.3, -0.25) is 0 Å². The molecule has 3 aromatic carbocycles. The molecule has 2 atom stereocenters. The number of hydrogen-bond acceptors (Lipinski definition) is 2. The molecule has 0 spiro atoms. The van der Waals surface area contributed by atoms with E-state index in [1.165, 1.54) is 52.3 Å². The molecule has 0 bridgehead atoms. The van der Waals surface area contributed by atoms with E-state index < -0.39 is 5.89 Å². The van der Waals surface area contributed by atoms with Crippen molar-refractivity contribution in [1.82, 2.24) is 0 Å². The third-order valence-corrected chi connectivity index (χ3v) is 7.38. The lowest BCUT2D eigenvalue weighted by molar-refractivity contribution is 0.482. The number of benzene rings is 3. The van der Waals surface area contributed by atoms with E-state index in [1.54, 1.807) is 0 Å². The quantitative estimate of drug-likeness (QED) is 0.442.